The molecule has 1 N–H and O–H groups in total. The lowest BCUT2D eigenvalue weighted by atomic mass is 10.1. The largest absolute Gasteiger partial charge is 0.372 e. The van der Waals surface area contributed by atoms with Crippen LogP contribution in [0.3, 0.4) is 0 Å². The van der Waals surface area contributed by atoms with Gasteiger partial charge in [0.15, 0.2) is 0 Å². The maximum atomic E-state index is 12.8. The number of anilines is 3. The molecule has 0 aromatic heterocycles. The van der Waals surface area contributed by atoms with E-state index < -0.39 is 0 Å². The predicted molar refractivity (Wildman–Crippen MR) is 118 cm³/mol. The van der Waals surface area contributed by atoms with Gasteiger partial charge < -0.3 is 15.1 Å². The van der Waals surface area contributed by atoms with Gasteiger partial charge in [-0.05, 0) is 74.6 Å². The van der Waals surface area contributed by atoms with Crippen LogP contribution in [-0.4, -0.2) is 31.4 Å². The average Bonchev–Trinajstić information content (AvgIpc) is 3.13. The van der Waals surface area contributed by atoms with E-state index in [1.807, 2.05) is 44.2 Å². The zero-order valence-electron chi connectivity index (χ0n) is 17.3. The maximum absolute atomic E-state index is 12.8. The van der Waals surface area contributed by atoms with Crippen molar-refractivity contribution in [2.45, 2.75) is 39.5 Å². The first kappa shape index (κ1) is 19.5. The molecule has 2 aromatic rings. The molecule has 0 radical (unpaired) electrons. The molecule has 2 fully saturated rings. The van der Waals surface area contributed by atoms with Gasteiger partial charge in [-0.15, -0.1) is 0 Å². The molecule has 2 aliphatic heterocycles. The standard InChI is InChI=1S/C24H29N3O2/c1-17-6-7-18(2)22(14-17)25-24(29)19-15-23(28)27(16-19)21-10-8-20(9-11-21)26-12-4-3-5-13-26/h6-11,14,19H,3-5,12-13,15-16H2,1-2H3,(H,25,29). The summed E-state index contributed by atoms with van der Waals surface area (Å²) in [6.07, 6.45) is 4.04. The van der Waals surface area contributed by atoms with Gasteiger partial charge in [-0.1, -0.05) is 12.1 Å². The van der Waals surface area contributed by atoms with Crippen molar-refractivity contribution < 1.29 is 9.59 Å². The normalized spacial score (nSPS) is 19.5. The summed E-state index contributed by atoms with van der Waals surface area (Å²) in [5.41, 5.74) is 5.04. The molecule has 2 aromatic carbocycles. The van der Waals surface area contributed by atoms with Gasteiger partial charge in [0, 0.05) is 43.1 Å². The van der Waals surface area contributed by atoms with Gasteiger partial charge in [0.05, 0.1) is 5.92 Å². The second-order valence-electron chi connectivity index (χ2n) is 8.28. The molecule has 0 saturated carbocycles. The van der Waals surface area contributed by atoms with Crippen LogP contribution in [0.15, 0.2) is 42.5 Å². The van der Waals surface area contributed by atoms with Crippen LogP contribution < -0.4 is 15.1 Å². The molecule has 1 unspecified atom stereocenters. The first-order valence-electron chi connectivity index (χ1n) is 10.5. The molecule has 0 bridgehead atoms. The minimum atomic E-state index is -0.329. The zero-order chi connectivity index (χ0) is 20.4. The third-order valence-corrected chi connectivity index (χ3v) is 6.03. The number of benzene rings is 2. The highest BCUT2D eigenvalue weighted by molar-refractivity contribution is 6.03. The Hall–Kier alpha value is -2.82. The Labute approximate surface area is 172 Å². The number of amides is 2. The highest BCUT2D eigenvalue weighted by Gasteiger charge is 2.35. The Kier molecular flexibility index (Phi) is 5.56. The number of hydrogen-bond acceptors (Lipinski definition) is 3. The van der Waals surface area contributed by atoms with Crippen LogP contribution in [0.25, 0.3) is 0 Å². The van der Waals surface area contributed by atoms with Crippen LogP contribution in [0.2, 0.25) is 0 Å². The van der Waals surface area contributed by atoms with Crippen molar-refractivity contribution in [3.8, 4) is 0 Å². The third-order valence-electron chi connectivity index (χ3n) is 6.03. The van der Waals surface area contributed by atoms with Crippen molar-refractivity contribution in [3.05, 3.63) is 53.6 Å². The maximum Gasteiger partial charge on any atom is 0.229 e. The Morgan fingerprint density at radius 2 is 1.66 bits per heavy atom. The van der Waals surface area contributed by atoms with E-state index >= 15 is 0 Å². The highest BCUT2D eigenvalue weighted by Crippen LogP contribution is 2.29. The first-order chi connectivity index (χ1) is 14.0. The van der Waals surface area contributed by atoms with Crippen LogP contribution in [0.5, 0.6) is 0 Å². The fourth-order valence-corrected chi connectivity index (χ4v) is 4.23. The van der Waals surface area contributed by atoms with Gasteiger partial charge in [-0.2, -0.15) is 0 Å². The lowest BCUT2D eigenvalue weighted by Crippen LogP contribution is -2.30. The first-order valence-corrected chi connectivity index (χ1v) is 10.5. The Morgan fingerprint density at radius 3 is 2.38 bits per heavy atom. The van der Waals surface area contributed by atoms with E-state index in [2.05, 4.69) is 22.3 Å². The van der Waals surface area contributed by atoms with E-state index in [9.17, 15) is 9.59 Å². The number of rotatable bonds is 4. The van der Waals surface area contributed by atoms with Gasteiger partial charge in [-0.3, -0.25) is 9.59 Å². The number of aryl methyl sites for hydroxylation is 2. The van der Waals surface area contributed by atoms with Crippen LogP contribution in [-0.2, 0) is 9.59 Å². The predicted octanol–water partition coefficient (Wildman–Crippen LogP) is 4.29. The minimum absolute atomic E-state index is 0.0110. The van der Waals surface area contributed by atoms with Gasteiger partial charge in [0.1, 0.15) is 0 Å². The summed E-state index contributed by atoms with van der Waals surface area (Å²) in [4.78, 5) is 29.5. The number of nitrogens with one attached hydrogen (secondary N) is 1. The molecule has 0 spiro atoms. The van der Waals surface area contributed by atoms with Gasteiger partial charge in [0.25, 0.3) is 0 Å². The van der Waals surface area contributed by atoms with Crippen molar-refractivity contribution >= 4 is 28.9 Å². The van der Waals surface area contributed by atoms with Crippen LogP contribution in [0.4, 0.5) is 17.1 Å². The Morgan fingerprint density at radius 1 is 0.966 bits per heavy atom. The Bertz CT molecular complexity index is 901. The monoisotopic (exact) mass is 391 g/mol. The van der Waals surface area contributed by atoms with Crippen molar-refractivity contribution in [2.75, 3.05) is 34.8 Å². The number of hydrogen-bond donors (Lipinski definition) is 1. The molecule has 2 saturated heterocycles. The van der Waals surface area contributed by atoms with Crippen molar-refractivity contribution in [2.24, 2.45) is 5.92 Å². The van der Waals surface area contributed by atoms with Gasteiger partial charge in [0.2, 0.25) is 11.8 Å². The molecule has 29 heavy (non-hydrogen) atoms. The fourth-order valence-electron chi connectivity index (χ4n) is 4.23. The summed E-state index contributed by atoms with van der Waals surface area (Å²) in [6.45, 7) is 6.61. The average molecular weight is 392 g/mol. The van der Waals surface area contributed by atoms with Crippen molar-refractivity contribution in [3.63, 3.8) is 0 Å². The molecule has 1 atom stereocenters. The van der Waals surface area contributed by atoms with Crippen LogP contribution in [0.1, 0.15) is 36.8 Å². The number of carbonyl (C=O) groups is 2. The van der Waals surface area contributed by atoms with Crippen molar-refractivity contribution in [1.82, 2.24) is 0 Å². The van der Waals surface area contributed by atoms with E-state index in [1.54, 1.807) is 4.90 Å². The quantitative estimate of drug-likeness (QED) is 0.846. The SMILES string of the molecule is Cc1ccc(C)c(NC(=O)C2CC(=O)N(c3ccc(N4CCCCC4)cc3)C2)c1. The van der Waals surface area contributed by atoms with E-state index in [0.29, 0.717) is 6.54 Å². The summed E-state index contributed by atoms with van der Waals surface area (Å²) >= 11 is 0. The van der Waals surface area contributed by atoms with Gasteiger partial charge >= 0.3 is 0 Å². The summed E-state index contributed by atoms with van der Waals surface area (Å²) in [7, 11) is 0. The zero-order valence-corrected chi connectivity index (χ0v) is 17.3. The number of carbonyl (C=O) groups excluding carboxylic acids is 2. The smallest absolute Gasteiger partial charge is 0.229 e. The van der Waals surface area contributed by atoms with E-state index in [1.165, 1.54) is 24.9 Å². The topological polar surface area (TPSA) is 52.7 Å². The van der Waals surface area contributed by atoms with Crippen molar-refractivity contribution in [1.29, 1.82) is 0 Å². The lowest BCUT2D eigenvalue weighted by Gasteiger charge is -2.29. The van der Waals surface area contributed by atoms with Crippen LogP contribution in [0, 0.1) is 19.8 Å². The molecule has 152 valence electrons. The highest BCUT2D eigenvalue weighted by atomic mass is 16.2. The molecule has 2 heterocycles. The second-order valence-corrected chi connectivity index (χ2v) is 8.28. The van der Waals surface area contributed by atoms with E-state index in [-0.39, 0.29) is 24.2 Å². The summed E-state index contributed by atoms with van der Waals surface area (Å²) in [5.74, 6) is -0.402. The molecule has 2 amide bonds. The number of piperidine rings is 1. The molecule has 5 heteroatoms. The molecular formula is C24H29N3O2. The molecule has 2 aliphatic rings. The molecule has 0 aliphatic carbocycles. The van der Waals surface area contributed by atoms with Crippen LogP contribution >= 0.6 is 0 Å². The third kappa shape index (κ3) is 4.29. The Balaban J connectivity index is 1.42. The minimum Gasteiger partial charge on any atom is -0.372 e. The fraction of sp³-hybridized carbons (Fsp3) is 0.417. The summed E-state index contributed by atoms with van der Waals surface area (Å²) in [6, 6.07) is 14.2. The van der Waals surface area contributed by atoms with E-state index in [4.69, 9.17) is 0 Å². The summed E-state index contributed by atoms with van der Waals surface area (Å²) < 4.78 is 0. The molecular weight excluding hydrogens is 362 g/mol. The lowest BCUT2D eigenvalue weighted by molar-refractivity contribution is -0.122. The van der Waals surface area contributed by atoms with Gasteiger partial charge in [-0.25, -0.2) is 0 Å². The molecule has 5 nitrogen and oxygen atoms in total. The summed E-state index contributed by atoms with van der Waals surface area (Å²) in [5, 5.41) is 3.01. The number of nitrogens with zero attached hydrogens (tertiary/aromatic N) is 2. The molecule has 4 rings (SSSR count). The van der Waals surface area contributed by atoms with E-state index in [0.717, 1.165) is 35.6 Å². The second kappa shape index (κ2) is 8.27.